The van der Waals surface area contributed by atoms with E-state index in [0.717, 1.165) is 5.56 Å². The van der Waals surface area contributed by atoms with Crippen LogP contribution in [0.1, 0.15) is 86.1 Å². The van der Waals surface area contributed by atoms with Crippen LogP contribution in [0.3, 0.4) is 0 Å². The van der Waals surface area contributed by atoms with Gasteiger partial charge < -0.3 is 48.3 Å². The van der Waals surface area contributed by atoms with Crippen molar-refractivity contribution in [3.05, 3.63) is 35.9 Å². The molecule has 8 atom stereocenters. The fourth-order valence-electron chi connectivity index (χ4n) is 5.33. The molecule has 0 aliphatic rings. The molecule has 1 rings (SSSR count). The number of aliphatic hydroxyl groups excluding tert-OH is 1. The number of carbonyl (C=O) groups is 7. The van der Waals surface area contributed by atoms with Gasteiger partial charge in [0.1, 0.15) is 18.1 Å². The Morgan fingerprint density at radius 1 is 0.712 bits per heavy atom. The van der Waals surface area contributed by atoms with Crippen molar-refractivity contribution in [1.82, 2.24) is 26.6 Å². The summed E-state index contributed by atoms with van der Waals surface area (Å²) in [5, 5.41) is 33.4. The summed E-state index contributed by atoms with van der Waals surface area (Å²) in [4.78, 5) is 88.0. The number of aliphatic carboxylic acids is 1. The number of amides is 6. The minimum absolute atomic E-state index is 0.0149. The van der Waals surface area contributed by atoms with Crippen molar-refractivity contribution in [3.8, 4) is 0 Å². The van der Waals surface area contributed by atoms with Gasteiger partial charge in [0.2, 0.25) is 35.4 Å². The van der Waals surface area contributed by atoms with Crippen LogP contribution in [0.15, 0.2) is 30.3 Å². The maximum absolute atomic E-state index is 13.2. The van der Waals surface area contributed by atoms with Gasteiger partial charge in [0.05, 0.1) is 24.6 Å². The van der Waals surface area contributed by atoms with Gasteiger partial charge in [-0.15, -0.1) is 0 Å². The van der Waals surface area contributed by atoms with Crippen molar-refractivity contribution < 1.29 is 43.8 Å². The molecule has 0 aliphatic carbocycles. The molecule has 0 heterocycles. The lowest BCUT2D eigenvalue weighted by molar-refractivity contribution is -0.138. The minimum atomic E-state index is -1.34. The number of hydrogen-bond donors (Lipinski definition) is 9. The van der Waals surface area contributed by atoms with Gasteiger partial charge in [-0.3, -0.25) is 33.6 Å². The van der Waals surface area contributed by atoms with E-state index in [1.807, 2.05) is 44.2 Å². The molecule has 0 spiro atoms. The zero-order valence-electron chi connectivity index (χ0n) is 31.3. The van der Waals surface area contributed by atoms with E-state index in [0.29, 0.717) is 6.42 Å². The fraction of sp³-hybridized carbons (Fsp3) is 0.639. The van der Waals surface area contributed by atoms with Gasteiger partial charge in [-0.2, -0.15) is 0 Å². The zero-order chi connectivity index (χ0) is 39.7. The Kier molecular flexibility index (Phi) is 19.6. The number of carboxylic acids is 1. The molecule has 11 N–H and O–H groups in total. The Morgan fingerprint density at radius 2 is 1.29 bits per heavy atom. The summed E-state index contributed by atoms with van der Waals surface area (Å²) in [6.07, 6.45) is -1.64. The largest absolute Gasteiger partial charge is 0.481 e. The van der Waals surface area contributed by atoms with E-state index < -0.39 is 90.1 Å². The van der Waals surface area contributed by atoms with Crippen LogP contribution < -0.4 is 38.1 Å². The number of nitrogens with two attached hydrogens (primary N) is 2. The second-order valence-corrected chi connectivity index (χ2v) is 14.3. The molecule has 0 saturated carbocycles. The number of rotatable bonds is 23. The first-order valence-corrected chi connectivity index (χ1v) is 17.7. The molecule has 0 radical (unpaired) electrons. The highest BCUT2D eigenvalue weighted by molar-refractivity contribution is 5.94. The molecule has 6 amide bonds. The van der Waals surface area contributed by atoms with Crippen molar-refractivity contribution in [3.63, 3.8) is 0 Å². The summed E-state index contributed by atoms with van der Waals surface area (Å²) in [5.41, 5.74) is 12.2. The summed E-state index contributed by atoms with van der Waals surface area (Å²) in [7, 11) is 0. The second kappa shape index (κ2) is 22.4. The highest BCUT2D eigenvalue weighted by Crippen LogP contribution is 2.17. The summed E-state index contributed by atoms with van der Waals surface area (Å²) >= 11 is 0. The standard InChI is InChI=1S/C36H59N7O9/c1-19(2)15-26(42-35(51)27(18-29(37)45)43-36(52)31(38)20(3)4)28(44)16-21(5)32(48)40-23(7)33(49)41-25(13-14-30(46)47)34(50)39-22(6)17-24-11-9-8-10-12-24/h8-12,19-23,25-28,31,44H,13-18,38H2,1-7H3,(H2,37,45)(H,39,50)(H,40,48)(H,41,49)(H,42,51)(H,43,52)(H,46,47)/t21-,22-,23+,25+,26?,27-,28+,31-/m1/s1. The first-order valence-electron chi connectivity index (χ1n) is 17.7. The molecule has 292 valence electrons. The van der Waals surface area contributed by atoms with Crippen molar-refractivity contribution in [1.29, 1.82) is 0 Å². The third-order valence-corrected chi connectivity index (χ3v) is 8.42. The highest BCUT2D eigenvalue weighted by Gasteiger charge is 2.32. The smallest absolute Gasteiger partial charge is 0.303 e. The number of benzene rings is 1. The summed E-state index contributed by atoms with van der Waals surface area (Å²) in [6.45, 7) is 11.9. The molecule has 1 aromatic carbocycles. The Hall–Kier alpha value is -4.57. The van der Waals surface area contributed by atoms with Crippen LogP contribution in [0.2, 0.25) is 0 Å². The van der Waals surface area contributed by atoms with Gasteiger partial charge in [0, 0.05) is 18.4 Å². The maximum Gasteiger partial charge on any atom is 0.303 e. The number of aliphatic hydroxyl groups is 1. The van der Waals surface area contributed by atoms with Gasteiger partial charge in [-0.05, 0) is 56.9 Å². The van der Waals surface area contributed by atoms with Gasteiger partial charge in [-0.25, -0.2) is 0 Å². The first kappa shape index (κ1) is 45.5. The van der Waals surface area contributed by atoms with Gasteiger partial charge in [0.15, 0.2) is 0 Å². The number of nitrogens with one attached hydrogen (secondary N) is 5. The molecular formula is C36H59N7O9. The van der Waals surface area contributed by atoms with Crippen LogP contribution in [0.25, 0.3) is 0 Å². The van der Waals surface area contributed by atoms with Gasteiger partial charge >= 0.3 is 5.97 Å². The average Bonchev–Trinajstić information content (AvgIpc) is 3.04. The summed E-state index contributed by atoms with van der Waals surface area (Å²) in [5.74, 6) is -6.38. The highest BCUT2D eigenvalue weighted by atomic mass is 16.4. The Balaban J connectivity index is 2.92. The number of carboxylic acid groups (broad SMARTS) is 1. The lowest BCUT2D eigenvalue weighted by Gasteiger charge is -2.30. The van der Waals surface area contributed by atoms with Crippen molar-refractivity contribution >= 4 is 41.4 Å². The van der Waals surface area contributed by atoms with E-state index in [-0.39, 0.29) is 43.6 Å². The summed E-state index contributed by atoms with van der Waals surface area (Å²) in [6, 6.07) is 3.65. The molecule has 52 heavy (non-hydrogen) atoms. The van der Waals surface area contributed by atoms with E-state index in [9.17, 15) is 43.8 Å². The lowest BCUT2D eigenvalue weighted by atomic mass is 9.92. The molecule has 16 heteroatoms. The molecule has 1 aromatic rings. The summed E-state index contributed by atoms with van der Waals surface area (Å²) < 4.78 is 0. The van der Waals surface area contributed by atoms with Crippen LogP contribution in [0.4, 0.5) is 0 Å². The number of carbonyl (C=O) groups excluding carboxylic acids is 6. The van der Waals surface area contributed by atoms with Crippen LogP contribution in [0, 0.1) is 17.8 Å². The second-order valence-electron chi connectivity index (χ2n) is 14.3. The average molecular weight is 734 g/mol. The molecule has 0 aromatic heterocycles. The van der Waals surface area contributed by atoms with Gasteiger partial charge in [-0.1, -0.05) is 65.0 Å². The zero-order valence-corrected chi connectivity index (χ0v) is 31.3. The SMILES string of the molecule is CC(C)CC(NC(=O)[C@@H](CC(N)=O)NC(=O)[C@H](N)C(C)C)[C@@H](O)C[C@@H](C)C(=O)N[C@@H](C)C(=O)N[C@@H](CCC(=O)O)C(=O)N[C@H](C)Cc1ccccc1. The number of hydrogen-bond acceptors (Lipinski definition) is 9. The van der Waals surface area contributed by atoms with Crippen LogP contribution in [-0.2, 0) is 40.0 Å². The monoisotopic (exact) mass is 733 g/mol. The van der Waals surface area contributed by atoms with E-state index >= 15 is 0 Å². The Labute approximate surface area is 306 Å². The molecule has 1 unspecified atom stereocenters. The van der Waals surface area contributed by atoms with E-state index in [2.05, 4.69) is 26.6 Å². The Bertz CT molecular complexity index is 1360. The molecular weight excluding hydrogens is 674 g/mol. The van der Waals surface area contributed by atoms with Gasteiger partial charge in [0.25, 0.3) is 0 Å². The number of primary amides is 1. The topological polar surface area (TPSA) is 272 Å². The molecule has 16 nitrogen and oxygen atoms in total. The van der Waals surface area contributed by atoms with E-state index in [1.54, 1.807) is 20.8 Å². The predicted molar refractivity (Wildman–Crippen MR) is 194 cm³/mol. The maximum atomic E-state index is 13.2. The minimum Gasteiger partial charge on any atom is -0.481 e. The van der Waals surface area contributed by atoms with Crippen molar-refractivity contribution in [2.75, 3.05) is 0 Å². The van der Waals surface area contributed by atoms with Crippen LogP contribution >= 0.6 is 0 Å². The van der Waals surface area contributed by atoms with Crippen LogP contribution in [-0.4, -0.2) is 94.0 Å². The van der Waals surface area contributed by atoms with Crippen LogP contribution in [0.5, 0.6) is 0 Å². The normalized spacial score (nSPS) is 15.9. The third-order valence-electron chi connectivity index (χ3n) is 8.42. The quantitative estimate of drug-likeness (QED) is 0.0718. The van der Waals surface area contributed by atoms with E-state index in [1.165, 1.54) is 13.8 Å². The van der Waals surface area contributed by atoms with Crippen molar-refractivity contribution in [2.24, 2.45) is 29.2 Å². The fourth-order valence-corrected chi connectivity index (χ4v) is 5.33. The molecule has 0 fully saturated rings. The molecule has 0 bridgehead atoms. The third kappa shape index (κ3) is 17.1. The first-order chi connectivity index (χ1) is 24.2. The lowest BCUT2D eigenvalue weighted by Crippen LogP contribution is -2.57. The predicted octanol–water partition coefficient (Wildman–Crippen LogP) is -0.150. The molecule has 0 saturated heterocycles. The van der Waals surface area contributed by atoms with E-state index in [4.69, 9.17) is 11.5 Å². The molecule has 0 aliphatic heterocycles. The van der Waals surface area contributed by atoms with Crippen molar-refractivity contribution in [2.45, 2.75) is 129 Å². The Morgan fingerprint density at radius 3 is 1.83 bits per heavy atom.